The number of hydrogen-bond donors (Lipinski definition) is 2. The molecule has 5 rings (SSSR count). The van der Waals surface area contributed by atoms with E-state index in [2.05, 4.69) is 20.6 Å². The zero-order valence-corrected chi connectivity index (χ0v) is 22.0. The Kier molecular flexibility index (Phi) is 7.85. The minimum absolute atomic E-state index is 0.0912. The summed E-state index contributed by atoms with van der Waals surface area (Å²) in [6.45, 7) is 1.25. The lowest BCUT2D eigenvalue weighted by atomic mass is 10.1. The molecule has 39 heavy (non-hydrogen) atoms. The fourth-order valence-electron chi connectivity index (χ4n) is 3.94. The number of benzene rings is 3. The molecule has 0 aliphatic rings. The van der Waals surface area contributed by atoms with Crippen molar-refractivity contribution < 1.29 is 22.0 Å². The highest BCUT2D eigenvalue weighted by molar-refractivity contribution is 7.90. The molecule has 8 nitrogen and oxygen atoms in total. The van der Waals surface area contributed by atoms with Gasteiger partial charge in [-0.25, -0.2) is 22.8 Å². The summed E-state index contributed by atoms with van der Waals surface area (Å²) < 4.78 is 47.1. The second-order valence-corrected chi connectivity index (χ2v) is 11.4. The minimum Gasteiger partial charge on any atom is -0.489 e. The third-order valence-corrected chi connectivity index (χ3v) is 6.94. The summed E-state index contributed by atoms with van der Waals surface area (Å²) in [5.74, 6) is 1.88. The minimum atomic E-state index is -2.99. The Morgan fingerprint density at radius 1 is 0.949 bits per heavy atom. The molecule has 0 bridgehead atoms. The number of furan rings is 1. The van der Waals surface area contributed by atoms with Gasteiger partial charge in [-0.05, 0) is 60.2 Å². The van der Waals surface area contributed by atoms with Crippen LogP contribution in [-0.2, 0) is 23.0 Å². The number of anilines is 2. The van der Waals surface area contributed by atoms with E-state index < -0.39 is 9.84 Å². The van der Waals surface area contributed by atoms with Gasteiger partial charge in [-0.15, -0.1) is 0 Å². The normalized spacial score (nSPS) is 11.5. The largest absolute Gasteiger partial charge is 0.489 e. The molecule has 0 unspecified atom stereocenters. The lowest BCUT2D eigenvalue weighted by Gasteiger charge is -2.10. The zero-order valence-electron chi connectivity index (χ0n) is 21.2. The summed E-state index contributed by atoms with van der Waals surface area (Å²) in [6, 6.07) is 21.5. The maximum Gasteiger partial charge on any atom is 0.148 e. The highest BCUT2D eigenvalue weighted by Crippen LogP contribution is 2.29. The van der Waals surface area contributed by atoms with Crippen LogP contribution >= 0.6 is 0 Å². The summed E-state index contributed by atoms with van der Waals surface area (Å²) in [5.41, 5.74) is 4.28. The van der Waals surface area contributed by atoms with Crippen molar-refractivity contribution in [3.63, 3.8) is 0 Å². The third-order valence-electron chi connectivity index (χ3n) is 5.99. The molecular weight excluding hydrogens is 519 g/mol. The van der Waals surface area contributed by atoms with Crippen LogP contribution in [0.4, 0.5) is 15.9 Å². The number of fused-ring (bicyclic) bond motifs is 1. The van der Waals surface area contributed by atoms with Crippen LogP contribution in [0.2, 0.25) is 0 Å². The van der Waals surface area contributed by atoms with Crippen LogP contribution in [0.5, 0.6) is 5.75 Å². The van der Waals surface area contributed by atoms with Gasteiger partial charge in [0.25, 0.3) is 0 Å². The number of rotatable bonds is 11. The Labute approximate surface area is 225 Å². The molecule has 0 saturated heterocycles. The fourth-order valence-corrected chi connectivity index (χ4v) is 4.45. The number of aromatic nitrogens is 2. The lowest BCUT2D eigenvalue weighted by molar-refractivity contribution is 0.306. The Morgan fingerprint density at radius 3 is 2.51 bits per heavy atom. The van der Waals surface area contributed by atoms with Gasteiger partial charge in [0.1, 0.15) is 45.9 Å². The van der Waals surface area contributed by atoms with E-state index in [0.29, 0.717) is 37.0 Å². The number of halogens is 1. The first-order valence-corrected chi connectivity index (χ1v) is 14.3. The van der Waals surface area contributed by atoms with Crippen LogP contribution in [0.3, 0.4) is 0 Å². The molecule has 0 aliphatic carbocycles. The van der Waals surface area contributed by atoms with Crippen molar-refractivity contribution in [1.29, 1.82) is 0 Å². The van der Waals surface area contributed by atoms with Crippen LogP contribution in [0, 0.1) is 5.82 Å². The van der Waals surface area contributed by atoms with Crippen molar-refractivity contribution in [2.45, 2.75) is 13.2 Å². The van der Waals surface area contributed by atoms with E-state index in [9.17, 15) is 12.8 Å². The molecule has 10 heteroatoms. The Hall–Kier alpha value is -4.28. The Balaban J connectivity index is 1.23. The van der Waals surface area contributed by atoms with Gasteiger partial charge in [-0.1, -0.05) is 18.2 Å². The molecule has 2 aromatic heterocycles. The van der Waals surface area contributed by atoms with Crippen LogP contribution in [-0.4, -0.2) is 36.9 Å². The maximum absolute atomic E-state index is 13.1. The first-order chi connectivity index (χ1) is 18.8. The molecule has 5 aromatic rings. The quantitative estimate of drug-likeness (QED) is 0.210. The van der Waals surface area contributed by atoms with Gasteiger partial charge in [0.2, 0.25) is 0 Å². The van der Waals surface area contributed by atoms with Gasteiger partial charge < -0.3 is 19.8 Å². The Morgan fingerprint density at radius 2 is 1.74 bits per heavy atom. The molecule has 0 fully saturated rings. The molecule has 2 heterocycles. The first kappa shape index (κ1) is 26.3. The van der Waals surface area contributed by atoms with Crippen molar-refractivity contribution in [1.82, 2.24) is 15.3 Å². The van der Waals surface area contributed by atoms with Gasteiger partial charge >= 0.3 is 0 Å². The second-order valence-electron chi connectivity index (χ2n) is 9.14. The third kappa shape index (κ3) is 7.18. The van der Waals surface area contributed by atoms with Crippen molar-refractivity contribution >= 4 is 32.2 Å². The molecule has 0 aliphatic heterocycles. The average Bonchev–Trinajstić information content (AvgIpc) is 3.40. The van der Waals surface area contributed by atoms with Gasteiger partial charge in [0.15, 0.2) is 0 Å². The summed E-state index contributed by atoms with van der Waals surface area (Å²) in [7, 11) is -2.99. The van der Waals surface area contributed by atoms with E-state index in [1.165, 1.54) is 24.7 Å². The van der Waals surface area contributed by atoms with Crippen LogP contribution < -0.4 is 15.4 Å². The van der Waals surface area contributed by atoms with E-state index in [0.717, 1.165) is 33.3 Å². The molecular formula is C29H27FN4O4S. The number of hydrogen-bond acceptors (Lipinski definition) is 8. The molecule has 0 atom stereocenters. The van der Waals surface area contributed by atoms with E-state index in [4.69, 9.17) is 9.15 Å². The molecule has 200 valence electrons. The van der Waals surface area contributed by atoms with E-state index >= 15 is 0 Å². The number of nitrogens with zero attached hydrogens (tertiary/aromatic N) is 2. The molecule has 3 aromatic carbocycles. The molecule has 0 spiro atoms. The summed E-state index contributed by atoms with van der Waals surface area (Å²) in [5, 5.41) is 7.30. The van der Waals surface area contributed by atoms with Crippen LogP contribution in [0.15, 0.2) is 89.8 Å². The first-order valence-electron chi connectivity index (χ1n) is 12.3. The van der Waals surface area contributed by atoms with E-state index in [1.54, 1.807) is 18.4 Å². The summed E-state index contributed by atoms with van der Waals surface area (Å²) in [6.07, 6.45) is 4.39. The number of ether oxygens (including phenoxy) is 1. The predicted molar refractivity (Wildman–Crippen MR) is 149 cm³/mol. The summed E-state index contributed by atoms with van der Waals surface area (Å²) in [4.78, 5) is 8.84. The monoisotopic (exact) mass is 546 g/mol. The SMILES string of the molecule is CS(=O)(=O)CCNCc1coc(-c2ccc3c(Nc4ccc(OCc5ccc(F)cc5)cc4)ncnc3c2)c1. The molecule has 0 saturated carbocycles. The maximum atomic E-state index is 13.1. The predicted octanol–water partition coefficient (Wildman–Crippen LogP) is 5.49. The van der Waals surface area contributed by atoms with E-state index in [1.807, 2.05) is 48.5 Å². The zero-order chi connectivity index (χ0) is 27.2. The smallest absolute Gasteiger partial charge is 0.148 e. The van der Waals surface area contributed by atoms with Crippen LogP contribution in [0.25, 0.3) is 22.2 Å². The lowest BCUT2D eigenvalue weighted by Crippen LogP contribution is -2.21. The molecule has 0 amide bonds. The second kappa shape index (κ2) is 11.6. The molecule has 2 N–H and O–H groups in total. The van der Waals surface area contributed by atoms with Crippen molar-refractivity contribution in [2.75, 3.05) is 23.9 Å². The van der Waals surface area contributed by atoms with Crippen LogP contribution in [0.1, 0.15) is 11.1 Å². The van der Waals surface area contributed by atoms with Gasteiger partial charge in [0.05, 0.1) is 17.5 Å². The van der Waals surface area contributed by atoms with E-state index in [-0.39, 0.29) is 11.6 Å². The number of nitrogens with one attached hydrogen (secondary N) is 2. The van der Waals surface area contributed by atoms with Crippen molar-refractivity contribution in [2.24, 2.45) is 0 Å². The average molecular weight is 547 g/mol. The highest BCUT2D eigenvalue weighted by Gasteiger charge is 2.10. The Bertz CT molecular complexity index is 1670. The standard InChI is InChI=1S/C29H27FN4O4S/c1-39(35,36)13-12-31-16-21-14-28(38-18-21)22-4-11-26-27(15-22)32-19-33-29(26)34-24-7-9-25(10-8-24)37-17-20-2-5-23(30)6-3-20/h2-11,14-15,18-19,31H,12-13,16-17H2,1H3,(H,32,33,34). The summed E-state index contributed by atoms with van der Waals surface area (Å²) >= 11 is 0. The van der Waals surface area contributed by atoms with Gasteiger partial charge in [-0.2, -0.15) is 0 Å². The highest BCUT2D eigenvalue weighted by atomic mass is 32.2. The van der Waals surface area contributed by atoms with Gasteiger partial charge in [-0.3, -0.25) is 0 Å². The van der Waals surface area contributed by atoms with Gasteiger partial charge in [0, 0.05) is 41.5 Å². The fraction of sp³-hybridized carbons (Fsp3) is 0.172. The molecule has 0 radical (unpaired) electrons. The van der Waals surface area contributed by atoms with Crippen molar-refractivity contribution in [3.05, 3.63) is 102 Å². The topological polar surface area (TPSA) is 106 Å². The van der Waals surface area contributed by atoms with Crippen molar-refractivity contribution in [3.8, 4) is 17.1 Å². The number of sulfone groups is 1.